The van der Waals surface area contributed by atoms with E-state index in [4.69, 9.17) is 5.11 Å². The van der Waals surface area contributed by atoms with Crippen LogP contribution < -0.4 is 0 Å². The van der Waals surface area contributed by atoms with Gasteiger partial charge >= 0.3 is 0 Å². The van der Waals surface area contributed by atoms with Crippen LogP contribution in [0.4, 0.5) is 0 Å². The molecule has 2 nitrogen and oxygen atoms in total. The molecule has 2 aromatic carbocycles. The van der Waals surface area contributed by atoms with Gasteiger partial charge < -0.3 is 10.2 Å². The van der Waals surface area contributed by atoms with E-state index in [1.165, 1.54) is 16.7 Å². The Morgan fingerprint density at radius 3 is 1.93 bits per heavy atom. The van der Waals surface area contributed by atoms with Gasteiger partial charge in [0.25, 0.3) is 0 Å². The maximum Gasteiger partial charge on any atom is 0.0436 e. The zero-order valence-corrected chi connectivity index (χ0v) is 17.3. The maximum absolute atomic E-state index is 9.44. The highest BCUT2D eigenvalue weighted by atomic mass is 16.3. The number of benzene rings is 2. The van der Waals surface area contributed by atoms with E-state index in [1.807, 2.05) is 6.07 Å². The summed E-state index contributed by atoms with van der Waals surface area (Å²) in [5.41, 5.74) is 4.16. The summed E-state index contributed by atoms with van der Waals surface area (Å²) < 4.78 is 0. The molecule has 2 atom stereocenters. The van der Waals surface area contributed by atoms with E-state index in [2.05, 4.69) is 67.6 Å². The molecule has 0 aliphatic carbocycles. The van der Waals surface area contributed by atoms with Gasteiger partial charge in [-0.05, 0) is 68.4 Å². The van der Waals surface area contributed by atoms with Gasteiger partial charge in [-0.1, -0.05) is 78.7 Å². The number of rotatable bonds is 13. The van der Waals surface area contributed by atoms with E-state index in [1.54, 1.807) is 0 Å². The lowest BCUT2D eigenvalue weighted by molar-refractivity contribution is 0.272. The quantitative estimate of drug-likeness (QED) is 0.320. The van der Waals surface area contributed by atoms with Gasteiger partial charge in [-0.15, -0.1) is 0 Å². The van der Waals surface area contributed by atoms with E-state index in [9.17, 15) is 5.11 Å². The zero-order valence-electron chi connectivity index (χ0n) is 17.3. The summed E-state index contributed by atoms with van der Waals surface area (Å²) in [5.74, 6) is 0.939. The number of hydrogen-bond acceptors (Lipinski definition) is 2. The molecule has 2 heteroatoms. The van der Waals surface area contributed by atoms with Crippen LogP contribution in [0, 0.1) is 0 Å². The van der Waals surface area contributed by atoms with Crippen molar-refractivity contribution in [2.75, 3.05) is 13.2 Å². The normalized spacial score (nSPS) is 14.0. The van der Waals surface area contributed by atoms with Crippen LogP contribution >= 0.6 is 0 Å². The number of allylic oxidation sites excluding steroid dienone is 2. The smallest absolute Gasteiger partial charge is 0.0436 e. The molecule has 2 N–H and O–H groups in total. The molecule has 0 spiro atoms. The summed E-state index contributed by atoms with van der Waals surface area (Å²) in [5, 5.41) is 18.5. The van der Waals surface area contributed by atoms with Gasteiger partial charge in [0.15, 0.2) is 0 Å². The molecule has 28 heavy (non-hydrogen) atoms. The van der Waals surface area contributed by atoms with Crippen LogP contribution in [0.5, 0.6) is 0 Å². The fraction of sp³-hybridized carbons (Fsp3) is 0.462. The number of hydrogen-bond donors (Lipinski definition) is 2. The molecule has 2 aromatic rings. The van der Waals surface area contributed by atoms with E-state index in [0.717, 1.165) is 44.9 Å². The molecule has 0 aromatic heterocycles. The molecule has 0 aliphatic heterocycles. The standard InChI is InChI=1S/C26H36O2/c1-22(16-18-26(19-21-28)24-12-6-3-7-13-24)15-17-25(14-8-9-20-27)23-10-4-2-5-11-23/h2-7,10-13,15,25-28H,8-9,14,16-21H2,1H3/b22-15-. The third kappa shape index (κ3) is 8.00. The van der Waals surface area contributed by atoms with Gasteiger partial charge in [-0.25, -0.2) is 0 Å². The van der Waals surface area contributed by atoms with Crippen LogP contribution in [0.15, 0.2) is 72.3 Å². The predicted molar refractivity (Wildman–Crippen MR) is 119 cm³/mol. The highest BCUT2D eigenvalue weighted by molar-refractivity contribution is 5.22. The minimum atomic E-state index is 0.239. The van der Waals surface area contributed by atoms with Gasteiger partial charge in [0.2, 0.25) is 0 Å². The van der Waals surface area contributed by atoms with Crippen LogP contribution in [0.2, 0.25) is 0 Å². The first-order chi connectivity index (χ1) is 13.7. The van der Waals surface area contributed by atoms with E-state index < -0.39 is 0 Å². The minimum absolute atomic E-state index is 0.239. The summed E-state index contributed by atoms with van der Waals surface area (Å²) in [6, 6.07) is 21.3. The fourth-order valence-corrected chi connectivity index (χ4v) is 3.85. The van der Waals surface area contributed by atoms with Gasteiger partial charge in [-0.3, -0.25) is 0 Å². The van der Waals surface area contributed by atoms with Crippen molar-refractivity contribution in [1.82, 2.24) is 0 Å². The lowest BCUT2D eigenvalue weighted by Crippen LogP contribution is -2.02. The number of unbranched alkanes of at least 4 members (excludes halogenated alkanes) is 1. The Kier molecular flexibility index (Phi) is 10.6. The summed E-state index contributed by atoms with van der Waals surface area (Å²) in [6.45, 7) is 2.75. The molecule has 0 aliphatic rings. The first kappa shape index (κ1) is 22.4. The Morgan fingerprint density at radius 2 is 1.36 bits per heavy atom. The second-order valence-electron chi connectivity index (χ2n) is 7.77. The molecule has 2 unspecified atom stereocenters. The van der Waals surface area contributed by atoms with Crippen molar-refractivity contribution < 1.29 is 10.2 Å². The van der Waals surface area contributed by atoms with Gasteiger partial charge in [0.05, 0.1) is 0 Å². The van der Waals surface area contributed by atoms with Crippen LogP contribution in [0.25, 0.3) is 0 Å². The Labute approximate surface area is 170 Å². The van der Waals surface area contributed by atoms with Crippen LogP contribution in [0.3, 0.4) is 0 Å². The average molecular weight is 381 g/mol. The van der Waals surface area contributed by atoms with Gasteiger partial charge in [0, 0.05) is 13.2 Å². The molecule has 0 saturated carbocycles. The zero-order chi connectivity index (χ0) is 20.0. The molecule has 0 heterocycles. The topological polar surface area (TPSA) is 40.5 Å². The molecule has 0 saturated heterocycles. The Bertz CT molecular complexity index is 663. The molecular formula is C26H36O2. The largest absolute Gasteiger partial charge is 0.396 e. The van der Waals surface area contributed by atoms with Crippen molar-refractivity contribution in [2.45, 2.75) is 63.7 Å². The summed E-state index contributed by atoms with van der Waals surface area (Å²) in [7, 11) is 0. The first-order valence-corrected chi connectivity index (χ1v) is 10.7. The first-order valence-electron chi connectivity index (χ1n) is 10.7. The van der Waals surface area contributed by atoms with Crippen molar-refractivity contribution in [1.29, 1.82) is 0 Å². The van der Waals surface area contributed by atoms with Crippen LogP contribution in [-0.2, 0) is 0 Å². The van der Waals surface area contributed by atoms with E-state index >= 15 is 0 Å². The van der Waals surface area contributed by atoms with E-state index in [-0.39, 0.29) is 13.2 Å². The third-order valence-corrected chi connectivity index (χ3v) is 5.62. The average Bonchev–Trinajstić information content (AvgIpc) is 2.74. The maximum atomic E-state index is 9.44. The molecular weight excluding hydrogens is 344 g/mol. The summed E-state index contributed by atoms with van der Waals surface area (Å²) in [6.07, 6.45) is 9.48. The van der Waals surface area contributed by atoms with Crippen molar-refractivity contribution in [3.63, 3.8) is 0 Å². The lowest BCUT2D eigenvalue weighted by Gasteiger charge is -2.18. The molecule has 2 rings (SSSR count). The second-order valence-corrected chi connectivity index (χ2v) is 7.77. The van der Waals surface area contributed by atoms with Crippen LogP contribution in [-0.4, -0.2) is 23.4 Å². The summed E-state index contributed by atoms with van der Waals surface area (Å²) in [4.78, 5) is 0. The highest BCUT2D eigenvalue weighted by Crippen LogP contribution is 2.29. The predicted octanol–water partition coefficient (Wildman–Crippen LogP) is 6.22. The van der Waals surface area contributed by atoms with Crippen molar-refractivity contribution >= 4 is 0 Å². The number of aliphatic hydroxyl groups is 2. The van der Waals surface area contributed by atoms with Gasteiger partial charge in [-0.2, -0.15) is 0 Å². The lowest BCUT2D eigenvalue weighted by atomic mass is 9.88. The molecule has 0 fully saturated rings. The summed E-state index contributed by atoms with van der Waals surface area (Å²) >= 11 is 0. The monoisotopic (exact) mass is 380 g/mol. The molecule has 152 valence electrons. The SMILES string of the molecule is C/C(=C/CC(CCCCO)c1ccccc1)CCC(CCO)c1ccccc1. The molecule has 0 bridgehead atoms. The minimum Gasteiger partial charge on any atom is -0.396 e. The van der Waals surface area contributed by atoms with Crippen molar-refractivity contribution in [3.05, 3.63) is 83.4 Å². The fourth-order valence-electron chi connectivity index (χ4n) is 3.85. The Morgan fingerprint density at radius 1 is 0.750 bits per heavy atom. The highest BCUT2D eigenvalue weighted by Gasteiger charge is 2.12. The molecule has 0 radical (unpaired) electrons. The van der Waals surface area contributed by atoms with Crippen molar-refractivity contribution in [2.24, 2.45) is 0 Å². The van der Waals surface area contributed by atoms with Crippen LogP contribution in [0.1, 0.15) is 74.8 Å². The Balaban J connectivity index is 1.93. The second kappa shape index (κ2) is 13.3. The van der Waals surface area contributed by atoms with E-state index in [0.29, 0.717) is 11.8 Å². The third-order valence-electron chi connectivity index (χ3n) is 5.62. The van der Waals surface area contributed by atoms with Gasteiger partial charge in [0.1, 0.15) is 0 Å². The van der Waals surface area contributed by atoms with Crippen molar-refractivity contribution in [3.8, 4) is 0 Å². The Hall–Kier alpha value is -1.90. The molecule has 0 amide bonds. The number of aliphatic hydroxyl groups excluding tert-OH is 2.